The van der Waals surface area contributed by atoms with Crippen LogP contribution in [0.1, 0.15) is 12.0 Å². The quantitative estimate of drug-likeness (QED) is 0.776. The van der Waals surface area contributed by atoms with Crippen LogP contribution >= 0.6 is 0 Å². The predicted molar refractivity (Wildman–Crippen MR) is 98.1 cm³/mol. The molecule has 6 heteroatoms. The smallest absolute Gasteiger partial charge is 0.328 e. The maximum Gasteiger partial charge on any atom is 0.328 e. The lowest BCUT2D eigenvalue weighted by atomic mass is 10.1. The summed E-state index contributed by atoms with van der Waals surface area (Å²) in [5, 5.41) is 2.89. The Labute approximate surface area is 145 Å². The number of amides is 1. The van der Waals surface area contributed by atoms with Gasteiger partial charge in [-0.25, -0.2) is 4.79 Å². The average molecular weight is 339 g/mol. The number of hydrogen-bond donors (Lipinski definition) is 1. The van der Waals surface area contributed by atoms with Crippen LogP contribution < -0.4 is 15.7 Å². The standard InChI is InChI=1S/C19H21N3O3/c1-21-16-9-8-14(12-17(16)22(2)19(21)24)20-18(23)10-7-13-5-4-6-15(11-13)25-3/h4-6,8-9,11-12H,7,10H2,1-3H3,(H,20,23). The van der Waals surface area contributed by atoms with Gasteiger partial charge in [0.05, 0.1) is 18.1 Å². The van der Waals surface area contributed by atoms with E-state index in [4.69, 9.17) is 4.74 Å². The van der Waals surface area contributed by atoms with E-state index in [1.807, 2.05) is 42.5 Å². The summed E-state index contributed by atoms with van der Waals surface area (Å²) in [6.07, 6.45) is 1.01. The first-order valence-corrected chi connectivity index (χ1v) is 8.08. The van der Waals surface area contributed by atoms with E-state index >= 15 is 0 Å². The molecule has 3 aromatic rings. The Hall–Kier alpha value is -3.02. The molecule has 0 fully saturated rings. The summed E-state index contributed by atoms with van der Waals surface area (Å²) in [5.41, 5.74) is 3.27. The number of aromatic nitrogens is 2. The van der Waals surface area contributed by atoms with Gasteiger partial charge in [0.25, 0.3) is 0 Å². The Morgan fingerprint density at radius 2 is 1.84 bits per heavy atom. The Morgan fingerprint density at radius 3 is 2.60 bits per heavy atom. The number of carbonyl (C=O) groups is 1. The number of nitrogens with one attached hydrogen (secondary N) is 1. The number of rotatable bonds is 5. The van der Waals surface area contributed by atoms with Gasteiger partial charge < -0.3 is 10.1 Å². The third-order valence-electron chi connectivity index (χ3n) is 4.33. The molecule has 0 radical (unpaired) electrons. The molecule has 1 amide bonds. The van der Waals surface area contributed by atoms with Crippen LogP contribution in [-0.2, 0) is 25.3 Å². The van der Waals surface area contributed by atoms with E-state index < -0.39 is 0 Å². The van der Waals surface area contributed by atoms with Gasteiger partial charge in [-0.1, -0.05) is 12.1 Å². The lowest BCUT2D eigenvalue weighted by Gasteiger charge is -2.07. The van der Waals surface area contributed by atoms with E-state index in [1.54, 1.807) is 30.3 Å². The SMILES string of the molecule is COc1cccc(CCC(=O)Nc2ccc3c(c2)n(C)c(=O)n3C)c1. The van der Waals surface area contributed by atoms with Gasteiger partial charge in [0, 0.05) is 26.2 Å². The van der Waals surface area contributed by atoms with E-state index in [-0.39, 0.29) is 11.6 Å². The molecule has 0 aliphatic rings. The molecule has 0 saturated heterocycles. The highest BCUT2D eigenvalue weighted by Crippen LogP contribution is 2.18. The van der Waals surface area contributed by atoms with E-state index in [0.717, 1.165) is 22.3 Å². The highest BCUT2D eigenvalue weighted by molar-refractivity contribution is 5.93. The molecule has 0 aliphatic carbocycles. The molecule has 1 heterocycles. The second kappa shape index (κ2) is 6.84. The van der Waals surface area contributed by atoms with E-state index in [1.165, 1.54) is 0 Å². The number of ether oxygens (including phenoxy) is 1. The molecule has 0 atom stereocenters. The number of aryl methyl sites for hydroxylation is 3. The van der Waals surface area contributed by atoms with Gasteiger partial charge in [0.2, 0.25) is 5.91 Å². The summed E-state index contributed by atoms with van der Waals surface area (Å²) in [7, 11) is 5.08. The first kappa shape index (κ1) is 16.8. The Morgan fingerprint density at radius 1 is 1.08 bits per heavy atom. The fourth-order valence-corrected chi connectivity index (χ4v) is 2.89. The Kier molecular flexibility index (Phi) is 4.61. The van der Waals surface area contributed by atoms with Crippen LogP contribution in [-0.4, -0.2) is 22.2 Å². The molecule has 0 saturated carbocycles. The van der Waals surface area contributed by atoms with Crippen LogP contribution in [0.2, 0.25) is 0 Å². The van der Waals surface area contributed by atoms with Crippen LogP contribution in [0.3, 0.4) is 0 Å². The normalized spacial score (nSPS) is 10.8. The van der Waals surface area contributed by atoms with Gasteiger partial charge in [-0.05, 0) is 42.3 Å². The minimum Gasteiger partial charge on any atom is -0.497 e. The monoisotopic (exact) mass is 339 g/mol. The largest absolute Gasteiger partial charge is 0.497 e. The Balaban J connectivity index is 1.69. The average Bonchev–Trinajstić information content (AvgIpc) is 2.84. The molecule has 1 N–H and O–H groups in total. The molecule has 0 bridgehead atoms. The van der Waals surface area contributed by atoms with Gasteiger partial charge >= 0.3 is 5.69 Å². The predicted octanol–water partition coefficient (Wildman–Crippen LogP) is 2.46. The molecule has 2 aromatic carbocycles. The maximum atomic E-state index is 12.2. The van der Waals surface area contributed by atoms with Crippen molar-refractivity contribution in [3.8, 4) is 5.75 Å². The number of hydrogen-bond acceptors (Lipinski definition) is 3. The van der Waals surface area contributed by atoms with Crippen LogP contribution in [0.5, 0.6) is 5.75 Å². The summed E-state index contributed by atoms with van der Waals surface area (Å²) in [4.78, 5) is 24.2. The third kappa shape index (κ3) is 3.42. The van der Waals surface area contributed by atoms with Gasteiger partial charge in [-0.2, -0.15) is 0 Å². The number of fused-ring (bicyclic) bond motifs is 1. The fraction of sp³-hybridized carbons (Fsp3) is 0.263. The number of imidazole rings is 1. The van der Waals surface area contributed by atoms with Gasteiger partial charge in [-0.15, -0.1) is 0 Å². The molecule has 0 unspecified atom stereocenters. The lowest BCUT2D eigenvalue weighted by molar-refractivity contribution is -0.116. The molecule has 1 aromatic heterocycles. The second-order valence-corrected chi connectivity index (χ2v) is 6.00. The highest BCUT2D eigenvalue weighted by Gasteiger charge is 2.10. The molecule has 130 valence electrons. The van der Waals surface area contributed by atoms with Crippen LogP contribution in [0.15, 0.2) is 47.3 Å². The zero-order chi connectivity index (χ0) is 18.0. The summed E-state index contributed by atoms with van der Waals surface area (Å²) in [6, 6.07) is 13.2. The molecule has 0 aliphatic heterocycles. The minimum atomic E-state index is -0.0866. The topological polar surface area (TPSA) is 65.3 Å². The molecular formula is C19H21N3O3. The third-order valence-corrected chi connectivity index (χ3v) is 4.33. The maximum absolute atomic E-state index is 12.2. The van der Waals surface area contributed by atoms with Crippen molar-refractivity contribution in [2.24, 2.45) is 14.1 Å². The molecule has 6 nitrogen and oxygen atoms in total. The summed E-state index contributed by atoms with van der Waals surface area (Å²) < 4.78 is 8.35. The summed E-state index contributed by atoms with van der Waals surface area (Å²) in [6.45, 7) is 0. The van der Waals surface area contributed by atoms with Gasteiger partial charge in [0.15, 0.2) is 0 Å². The number of anilines is 1. The fourth-order valence-electron chi connectivity index (χ4n) is 2.89. The molecule has 25 heavy (non-hydrogen) atoms. The zero-order valence-corrected chi connectivity index (χ0v) is 14.6. The zero-order valence-electron chi connectivity index (χ0n) is 14.6. The van der Waals surface area contributed by atoms with Crippen molar-refractivity contribution in [1.29, 1.82) is 0 Å². The highest BCUT2D eigenvalue weighted by atomic mass is 16.5. The summed E-state index contributed by atoms with van der Waals surface area (Å²) in [5.74, 6) is 0.719. The number of carbonyl (C=O) groups excluding carboxylic acids is 1. The van der Waals surface area contributed by atoms with Crippen LogP contribution in [0.4, 0.5) is 5.69 Å². The number of methoxy groups -OCH3 is 1. The van der Waals surface area contributed by atoms with Crippen molar-refractivity contribution in [3.63, 3.8) is 0 Å². The minimum absolute atomic E-state index is 0.0666. The van der Waals surface area contributed by atoms with Crippen molar-refractivity contribution in [3.05, 3.63) is 58.5 Å². The lowest BCUT2D eigenvalue weighted by Crippen LogP contribution is -2.19. The summed E-state index contributed by atoms with van der Waals surface area (Å²) >= 11 is 0. The molecule has 3 rings (SSSR count). The van der Waals surface area contributed by atoms with Crippen molar-refractivity contribution in [1.82, 2.24) is 9.13 Å². The number of nitrogens with zero attached hydrogens (tertiary/aromatic N) is 2. The van der Waals surface area contributed by atoms with Crippen molar-refractivity contribution in [2.75, 3.05) is 12.4 Å². The van der Waals surface area contributed by atoms with Crippen molar-refractivity contribution in [2.45, 2.75) is 12.8 Å². The molecule has 0 spiro atoms. The van der Waals surface area contributed by atoms with E-state index in [9.17, 15) is 9.59 Å². The van der Waals surface area contributed by atoms with Crippen molar-refractivity contribution < 1.29 is 9.53 Å². The first-order valence-electron chi connectivity index (χ1n) is 8.08. The van der Waals surface area contributed by atoms with Crippen molar-refractivity contribution >= 4 is 22.6 Å². The molecular weight excluding hydrogens is 318 g/mol. The van der Waals surface area contributed by atoms with Crippen LogP contribution in [0.25, 0.3) is 11.0 Å². The number of benzene rings is 2. The second-order valence-electron chi connectivity index (χ2n) is 6.00. The van der Waals surface area contributed by atoms with Crippen LogP contribution in [0, 0.1) is 0 Å². The Bertz CT molecular complexity index is 985. The van der Waals surface area contributed by atoms with Gasteiger partial charge in [0.1, 0.15) is 5.75 Å². The van der Waals surface area contributed by atoms with Gasteiger partial charge in [-0.3, -0.25) is 13.9 Å². The van der Waals surface area contributed by atoms with E-state index in [0.29, 0.717) is 18.5 Å². The first-order chi connectivity index (χ1) is 12.0. The van der Waals surface area contributed by atoms with E-state index in [2.05, 4.69) is 5.32 Å².